The molecule has 0 bridgehead atoms. The number of esters is 1. The lowest BCUT2D eigenvalue weighted by atomic mass is 9.97. The van der Waals surface area contributed by atoms with Crippen molar-refractivity contribution in [3.8, 4) is 23.2 Å². The van der Waals surface area contributed by atoms with Gasteiger partial charge in [0.1, 0.15) is 18.1 Å². The number of imidazole rings is 1. The van der Waals surface area contributed by atoms with Gasteiger partial charge in [-0.3, -0.25) is 19.1 Å². The number of carbonyl (C=O) groups is 2. The molecular formula is C30H26F3N3O6. The molecule has 2 aliphatic heterocycles. The van der Waals surface area contributed by atoms with E-state index in [1.54, 1.807) is 28.8 Å². The third-order valence-electron chi connectivity index (χ3n) is 7.38. The predicted molar refractivity (Wildman–Crippen MR) is 145 cm³/mol. The third kappa shape index (κ3) is 4.66. The maximum Gasteiger partial charge on any atom is 0.471 e. The minimum absolute atomic E-state index is 0.00951. The topological polar surface area (TPSA) is 92.1 Å². The molecule has 0 aliphatic carbocycles. The molecule has 6 rings (SSSR count). The van der Waals surface area contributed by atoms with Gasteiger partial charge in [-0.2, -0.15) is 18.2 Å². The van der Waals surface area contributed by atoms with Gasteiger partial charge in [-0.15, -0.1) is 0 Å². The molecule has 2 aliphatic rings. The Morgan fingerprint density at radius 1 is 1.05 bits per heavy atom. The highest BCUT2D eigenvalue weighted by Crippen LogP contribution is 2.46. The average Bonchev–Trinajstić information content (AvgIpc) is 3.68. The number of rotatable bonds is 7. The molecular weight excluding hydrogens is 555 g/mol. The highest BCUT2D eigenvalue weighted by Gasteiger charge is 2.48. The number of carbonyl (C=O) groups excluding carboxylic acids is 2. The first-order valence-corrected chi connectivity index (χ1v) is 13.3. The van der Waals surface area contributed by atoms with Crippen LogP contribution in [-0.4, -0.2) is 54.5 Å². The zero-order valence-electron chi connectivity index (χ0n) is 22.7. The van der Waals surface area contributed by atoms with Gasteiger partial charge in [0.2, 0.25) is 0 Å². The van der Waals surface area contributed by atoms with Crippen molar-refractivity contribution in [3.63, 3.8) is 0 Å². The third-order valence-corrected chi connectivity index (χ3v) is 7.38. The summed E-state index contributed by atoms with van der Waals surface area (Å²) in [7, 11) is 1.28. The number of hydrogen-bond donors (Lipinski definition) is 0. The van der Waals surface area contributed by atoms with Crippen molar-refractivity contribution in [2.75, 3.05) is 31.8 Å². The highest BCUT2D eigenvalue weighted by atomic mass is 19.4. The van der Waals surface area contributed by atoms with Crippen LogP contribution in [0.25, 0.3) is 16.7 Å². The second-order valence-corrected chi connectivity index (χ2v) is 9.86. The van der Waals surface area contributed by atoms with Crippen molar-refractivity contribution >= 4 is 28.6 Å². The molecule has 9 nitrogen and oxygen atoms in total. The van der Waals surface area contributed by atoms with E-state index >= 15 is 0 Å². The van der Waals surface area contributed by atoms with E-state index in [0.717, 1.165) is 5.52 Å². The van der Waals surface area contributed by atoms with Crippen LogP contribution in [0.1, 0.15) is 36.4 Å². The van der Waals surface area contributed by atoms with E-state index in [4.69, 9.17) is 18.9 Å². The second kappa shape index (κ2) is 10.6. The Labute approximate surface area is 238 Å². The molecule has 0 N–H and O–H groups in total. The van der Waals surface area contributed by atoms with Gasteiger partial charge in [-0.1, -0.05) is 30.3 Å². The first-order chi connectivity index (χ1) is 20.2. The smallest absolute Gasteiger partial charge is 0.471 e. The molecule has 1 aromatic heterocycles. The van der Waals surface area contributed by atoms with Gasteiger partial charge in [0, 0.05) is 28.8 Å². The number of anilines is 1. The van der Waals surface area contributed by atoms with Crippen LogP contribution >= 0.6 is 0 Å². The Balaban J connectivity index is 1.43. The van der Waals surface area contributed by atoms with Gasteiger partial charge in [0.25, 0.3) is 0 Å². The summed E-state index contributed by atoms with van der Waals surface area (Å²) in [6.45, 7) is 2.12. The molecule has 4 aromatic rings. The summed E-state index contributed by atoms with van der Waals surface area (Å²) in [5.41, 5.74) is 2.96. The van der Waals surface area contributed by atoms with E-state index in [2.05, 4.69) is 4.98 Å². The fraction of sp³-hybridized carbons (Fsp3) is 0.300. The Hall–Kier alpha value is -4.74. The number of fused-ring (bicyclic) bond motifs is 3. The van der Waals surface area contributed by atoms with E-state index in [9.17, 15) is 22.8 Å². The van der Waals surface area contributed by atoms with Crippen LogP contribution in [0.4, 0.5) is 18.9 Å². The zero-order chi connectivity index (χ0) is 29.6. The first kappa shape index (κ1) is 27.4. The molecule has 0 unspecified atom stereocenters. The molecule has 0 radical (unpaired) electrons. The van der Waals surface area contributed by atoms with E-state index in [1.807, 2.05) is 31.2 Å². The summed E-state index contributed by atoms with van der Waals surface area (Å²) in [5, 5.41) is 0. The van der Waals surface area contributed by atoms with Crippen LogP contribution in [0.15, 0.2) is 60.7 Å². The monoisotopic (exact) mass is 581 g/mol. The van der Waals surface area contributed by atoms with E-state index in [0.29, 0.717) is 51.3 Å². The maximum absolute atomic E-state index is 14.0. The van der Waals surface area contributed by atoms with Crippen molar-refractivity contribution in [1.29, 1.82) is 0 Å². The lowest BCUT2D eigenvalue weighted by Gasteiger charge is -2.29. The number of para-hydroxylation sites is 3. The number of ether oxygens (including phenoxy) is 4. The van der Waals surface area contributed by atoms with Gasteiger partial charge in [0.05, 0.1) is 49.5 Å². The van der Waals surface area contributed by atoms with Crippen molar-refractivity contribution in [1.82, 2.24) is 9.55 Å². The Kier molecular flexibility index (Phi) is 6.91. The number of aromatic nitrogens is 2. The number of methoxy groups -OCH3 is 1. The van der Waals surface area contributed by atoms with E-state index in [-0.39, 0.29) is 31.2 Å². The average molecular weight is 582 g/mol. The molecule has 0 saturated carbocycles. The summed E-state index contributed by atoms with van der Waals surface area (Å²) in [4.78, 5) is 30.0. The largest absolute Gasteiger partial charge is 0.493 e. The molecule has 2 atom stereocenters. The Morgan fingerprint density at radius 3 is 2.62 bits per heavy atom. The quantitative estimate of drug-likeness (QED) is 0.267. The lowest BCUT2D eigenvalue weighted by Crippen LogP contribution is -2.44. The molecule has 0 spiro atoms. The van der Waals surface area contributed by atoms with Gasteiger partial charge < -0.3 is 18.9 Å². The standard InChI is InChI=1S/C30H26F3N3O6/c1-3-40-29-34-21-8-4-5-9-22(21)36(29)23-10-6-7-20-24(16-42-27(20)23)35(28(38)30(31,32)33)18-11-12-19-17(13-26(37)39-2)15-41-25(19)14-18/h4-12,14,17,24H,3,13,15-16H2,1-2H3/t17-,24+/m1/s1. The normalized spacial score (nSPS) is 17.3. The predicted octanol–water partition coefficient (Wildman–Crippen LogP) is 5.49. The van der Waals surface area contributed by atoms with Gasteiger partial charge in [0.15, 0.2) is 0 Å². The summed E-state index contributed by atoms with van der Waals surface area (Å²) in [6, 6.07) is 16.1. The van der Waals surface area contributed by atoms with Crippen molar-refractivity contribution in [2.24, 2.45) is 0 Å². The van der Waals surface area contributed by atoms with Crippen LogP contribution in [0.5, 0.6) is 17.5 Å². The molecule has 218 valence electrons. The number of benzene rings is 3. The minimum atomic E-state index is -5.16. The molecule has 0 fully saturated rings. The van der Waals surface area contributed by atoms with E-state index in [1.165, 1.54) is 19.2 Å². The Morgan fingerprint density at radius 2 is 1.86 bits per heavy atom. The summed E-state index contributed by atoms with van der Waals surface area (Å²) in [5.74, 6) is -2.15. The van der Waals surface area contributed by atoms with Gasteiger partial charge >= 0.3 is 24.1 Å². The van der Waals surface area contributed by atoms with Crippen molar-refractivity contribution in [3.05, 3.63) is 71.8 Å². The van der Waals surface area contributed by atoms with Crippen LogP contribution in [0, 0.1) is 0 Å². The molecule has 12 heteroatoms. The number of hydrogen-bond acceptors (Lipinski definition) is 7. The molecule has 3 heterocycles. The molecule has 3 aromatic carbocycles. The van der Waals surface area contributed by atoms with Crippen LogP contribution < -0.4 is 19.1 Å². The number of nitrogens with zero attached hydrogens (tertiary/aromatic N) is 3. The fourth-order valence-electron chi connectivity index (χ4n) is 5.51. The number of alkyl halides is 3. The first-order valence-electron chi connectivity index (χ1n) is 13.3. The summed E-state index contributed by atoms with van der Waals surface area (Å²) < 4.78 is 66.0. The highest BCUT2D eigenvalue weighted by molar-refractivity contribution is 5.98. The number of halogens is 3. The van der Waals surface area contributed by atoms with Crippen LogP contribution in [0.3, 0.4) is 0 Å². The maximum atomic E-state index is 14.0. The lowest BCUT2D eigenvalue weighted by molar-refractivity contribution is -0.171. The van der Waals surface area contributed by atoms with E-state index < -0.39 is 24.1 Å². The summed E-state index contributed by atoms with van der Waals surface area (Å²) in [6.07, 6.45) is -5.09. The van der Waals surface area contributed by atoms with Gasteiger partial charge in [-0.25, -0.2) is 0 Å². The van der Waals surface area contributed by atoms with Crippen LogP contribution in [-0.2, 0) is 14.3 Å². The fourth-order valence-corrected chi connectivity index (χ4v) is 5.51. The van der Waals surface area contributed by atoms with Gasteiger partial charge in [-0.05, 0) is 31.2 Å². The Bertz CT molecular complexity index is 1680. The molecule has 42 heavy (non-hydrogen) atoms. The molecule has 0 saturated heterocycles. The minimum Gasteiger partial charge on any atom is -0.493 e. The van der Waals surface area contributed by atoms with Crippen molar-refractivity contribution < 1.29 is 41.7 Å². The van der Waals surface area contributed by atoms with Crippen molar-refractivity contribution in [2.45, 2.75) is 31.5 Å². The van der Waals surface area contributed by atoms with Crippen LogP contribution in [0.2, 0.25) is 0 Å². The zero-order valence-corrected chi connectivity index (χ0v) is 22.7. The molecule has 1 amide bonds. The number of amides is 1. The summed E-state index contributed by atoms with van der Waals surface area (Å²) >= 11 is 0. The second-order valence-electron chi connectivity index (χ2n) is 9.86. The SMILES string of the molecule is CCOc1nc2ccccc2n1-c1cccc2c1OC[C@@H]2N(C(=O)C(F)(F)F)c1ccc2c(c1)OC[C@H]2CC(=O)OC.